The molecule has 1 spiro atoms. The van der Waals surface area contributed by atoms with E-state index < -0.39 is 20.0 Å². The van der Waals surface area contributed by atoms with Gasteiger partial charge in [-0.2, -0.15) is 4.31 Å². The van der Waals surface area contributed by atoms with E-state index in [1.54, 1.807) is 22.5 Å². The van der Waals surface area contributed by atoms with Gasteiger partial charge < -0.3 is 10.1 Å². The Morgan fingerprint density at radius 1 is 1.00 bits per heavy atom. The Kier molecular flexibility index (Phi) is 9.14. The molecule has 4 rings (SSSR count). The Balaban J connectivity index is 1.35. The van der Waals surface area contributed by atoms with Gasteiger partial charge in [-0.05, 0) is 67.3 Å². The second kappa shape index (κ2) is 11.7. The van der Waals surface area contributed by atoms with Crippen LogP contribution in [-0.4, -0.2) is 101 Å². The first-order valence-corrected chi connectivity index (χ1v) is 16.9. The van der Waals surface area contributed by atoms with Gasteiger partial charge >= 0.3 is 0 Å². The SMILES string of the molecule is CC(C)CS(=O)(=O)N1CC(C)(C)CC2(CCN(CC(=O)Nc3cccc(S(=O)(=O)N4CCOCC4)c3)CC2)C1. The average molecular weight is 585 g/mol. The highest BCUT2D eigenvalue weighted by Gasteiger charge is 2.47. The molecule has 220 valence electrons. The number of piperidine rings is 2. The van der Waals surface area contributed by atoms with Crippen LogP contribution in [0.25, 0.3) is 0 Å². The lowest BCUT2D eigenvalue weighted by molar-refractivity contribution is -0.118. The molecule has 0 atom stereocenters. The molecule has 0 aromatic heterocycles. The lowest BCUT2D eigenvalue weighted by atomic mass is 9.65. The molecule has 1 amide bonds. The third-order valence-electron chi connectivity index (χ3n) is 7.92. The Hall–Kier alpha value is -1.57. The largest absolute Gasteiger partial charge is 0.379 e. The molecule has 0 saturated carbocycles. The van der Waals surface area contributed by atoms with Crippen molar-refractivity contribution in [2.24, 2.45) is 16.7 Å². The summed E-state index contributed by atoms with van der Waals surface area (Å²) in [6, 6.07) is 6.38. The molecular weight excluding hydrogens is 540 g/mol. The van der Waals surface area contributed by atoms with E-state index in [1.807, 2.05) is 13.8 Å². The van der Waals surface area contributed by atoms with Gasteiger partial charge in [-0.25, -0.2) is 21.1 Å². The molecule has 3 aliphatic heterocycles. The fourth-order valence-corrected chi connectivity index (χ4v) is 9.88. The molecule has 1 N–H and O–H groups in total. The van der Waals surface area contributed by atoms with Gasteiger partial charge in [0.05, 0.1) is 30.4 Å². The minimum absolute atomic E-state index is 0.0801. The molecule has 3 aliphatic rings. The molecule has 39 heavy (non-hydrogen) atoms. The summed E-state index contributed by atoms with van der Waals surface area (Å²) < 4.78 is 60.5. The molecule has 3 heterocycles. The lowest BCUT2D eigenvalue weighted by Gasteiger charge is -2.52. The zero-order valence-electron chi connectivity index (χ0n) is 23.7. The quantitative estimate of drug-likeness (QED) is 0.499. The Labute approximate surface area is 234 Å². The van der Waals surface area contributed by atoms with E-state index in [9.17, 15) is 21.6 Å². The summed E-state index contributed by atoms with van der Waals surface area (Å²) in [6.45, 7) is 12.3. The van der Waals surface area contributed by atoms with Crippen LogP contribution in [0.2, 0.25) is 0 Å². The van der Waals surface area contributed by atoms with E-state index in [2.05, 4.69) is 24.1 Å². The smallest absolute Gasteiger partial charge is 0.243 e. The van der Waals surface area contributed by atoms with E-state index >= 15 is 0 Å². The molecule has 1 aromatic rings. The molecule has 0 unspecified atom stereocenters. The number of nitrogens with zero attached hydrogens (tertiary/aromatic N) is 3. The fourth-order valence-electron chi connectivity index (χ4n) is 6.35. The number of carbonyl (C=O) groups excluding carboxylic acids is 1. The molecule has 12 heteroatoms. The van der Waals surface area contributed by atoms with Crippen molar-refractivity contribution in [1.29, 1.82) is 0 Å². The number of anilines is 1. The Morgan fingerprint density at radius 3 is 2.31 bits per heavy atom. The van der Waals surface area contributed by atoms with Gasteiger partial charge in [0.1, 0.15) is 0 Å². The number of nitrogens with one attached hydrogen (secondary N) is 1. The maximum atomic E-state index is 13.1. The number of hydrogen-bond acceptors (Lipinski definition) is 7. The highest BCUT2D eigenvalue weighted by atomic mass is 32.2. The van der Waals surface area contributed by atoms with Gasteiger partial charge in [-0.3, -0.25) is 9.69 Å². The van der Waals surface area contributed by atoms with Gasteiger partial charge in [-0.1, -0.05) is 33.8 Å². The zero-order valence-corrected chi connectivity index (χ0v) is 25.3. The topological polar surface area (TPSA) is 116 Å². The first-order valence-electron chi connectivity index (χ1n) is 13.9. The van der Waals surface area contributed by atoms with Crippen LogP contribution in [0.1, 0.15) is 47.0 Å². The lowest BCUT2D eigenvalue weighted by Crippen LogP contribution is -2.56. The molecule has 3 fully saturated rings. The first-order chi connectivity index (χ1) is 18.2. The first kappa shape index (κ1) is 30.4. The second-order valence-corrected chi connectivity index (χ2v) is 16.6. The number of amides is 1. The summed E-state index contributed by atoms with van der Waals surface area (Å²) in [6.07, 6.45) is 2.65. The molecule has 0 aliphatic carbocycles. The van der Waals surface area contributed by atoms with Crippen LogP contribution in [-0.2, 0) is 29.6 Å². The predicted molar refractivity (Wildman–Crippen MR) is 151 cm³/mol. The molecule has 0 bridgehead atoms. The number of hydrogen-bond donors (Lipinski definition) is 1. The third-order valence-corrected chi connectivity index (χ3v) is 11.9. The molecule has 1 aromatic carbocycles. The summed E-state index contributed by atoms with van der Waals surface area (Å²) in [5.74, 6) is 0.0499. The summed E-state index contributed by atoms with van der Waals surface area (Å²) in [5.41, 5.74) is 0.262. The van der Waals surface area contributed by atoms with Crippen molar-refractivity contribution in [2.75, 3.05) is 70.1 Å². The van der Waals surface area contributed by atoms with Gasteiger partial charge in [0.2, 0.25) is 26.0 Å². The average Bonchev–Trinajstić information content (AvgIpc) is 2.84. The van der Waals surface area contributed by atoms with Gasteiger partial charge in [-0.15, -0.1) is 0 Å². The number of benzene rings is 1. The summed E-state index contributed by atoms with van der Waals surface area (Å²) in [7, 11) is -6.96. The van der Waals surface area contributed by atoms with Crippen LogP contribution >= 0.6 is 0 Å². The highest BCUT2D eigenvalue weighted by Crippen LogP contribution is 2.47. The van der Waals surface area contributed by atoms with Crippen LogP contribution in [0, 0.1) is 16.7 Å². The number of sulfonamides is 2. The van der Waals surface area contributed by atoms with E-state index in [-0.39, 0.29) is 39.8 Å². The Bertz CT molecular complexity index is 1230. The van der Waals surface area contributed by atoms with Crippen molar-refractivity contribution in [3.63, 3.8) is 0 Å². The number of morpholine rings is 1. The van der Waals surface area contributed by atoms with Crippen molar-refractivity contribution >= 4 is 31.6 Å². The Morgan fingerprint density at radius 2 is 1.67 bits per heavy atom. The summed E-state index contributed by atoms with van der Waals surface area (Å²) in [5, 5.41) is 2.86. The maximum absolute atomic E-state index is 13.1. The van der Waals surface area contributed by atoms with Gasteiger partial charge in [0.25, 0.3) is 0 Å². The normalized spacial score (nSPS) is 23.2. The van der Waals surface area contributed by atoms with Crippen LogP contribution in [0.4, 0.5) is 5.69 Å². The van der Waals surface area contributed by atoms with Crippen molar-refractivity contribution in [2.45, 2.75) is 51.9 Å². The van der Waals surface area contributed by atoms with Crippen molar-refractivity contribution in [1.82, 2.24) is 13.5 Å². The monoisotopic (exact) mass is 584 g/mol. The van der Waals surface area contributed by atoms with Crippen molar-refractivity contribution in [3.05, 3.63) is 24.3 Å². The van der Waals surface area contributed by atoms with Crippen molar-refractivity contribution < 1.29 is 26.4 Å². The predicted octanol–water partition coefficient (Wildman–Crippen LogP) is 2.45. The fraction of sp³-hybridized carbons (Fsp3) is 0.741. The minimum atomic E-state index is -3.65. The van der Waals surface area contributed by atoms with Gasteiger partial charge in [0.15, 0.2) is 0 Å². The van der Waals surface area contributed by atoms with E-state index in [4.69, 9.17) is 4.74 Å². The third kappa shape index (κ3) is 7.59. The highest BCUT2D eigenvalue weighted by molar-refractivity contribution is 7.89. The summed E-state index contributed by atoms with van der Waals surface area (Å²) >= 11 is 0. The molecular formula is C27H44N4O6S2. The van der Waals surface area contributed by atoms with E-state index in [0.29, 0.717) is 58.2 Å². The van der Waals surface area contributed by atoms with Crippen LogP contribution in [0.5, 0.6) is 0 Å². The van der Waals surface area contributed by atoms with E-state index in [1.165, 1.54) is 10.4 Å². The number of ether oxygens (including phenoxy) is 1. The van der Waals surface area contributed by atoms with Crippen molar-refractivity contribution in [3.8, 4) is 0 Å². The maximum Gasteiger partial charge on any atom is 0.243 e. The molecule has 10 nitrogen and oxygen atoms in total. The summed E-state index contributed by atoms with van der Waals surface area (Å²) in [4.78, 5) is 15.1. The van der Waals surface area contributed by atoms with Crippen LogP contribution < -0.4 is 5.32 Å². The molecule has 0 radical (unpaired) electrons. The minimum Gasteiger partial charge on any atom is -0.379 e. The number of likely N-dealkylation sites (tertiary alicyclic amines) is 1. The number of carbonyl (C=O) groups is 1. The molecule has 3 saturated heterocycles. The number of rotatable bonds is 8. The zero-order chi connectivity index (χ0) is 28.5. The standard InChI is InChI=1S/C27H44N4O6S2/c1-22(2)18-38(33,34)31-20-26(3,4)19-27(21-31)8-10-29(11-9-27)17-25(32)28-23-6-5-7-24(16-23)39(35,36)30-12-14-37-15-13-30/h5-7,16,22H,8-15,17-21H2,1-4H3,(H,28,32). The van der Waals surface area contributed by atoms with Crippen LogP contribution in [0.15, 0.2) is 29.2 Å². The second-order valence-electron chi connectivity index (χ2n) is 12.7. The van der Waals surface area contributed by atoms with E-state index in [0.717, 1.165) is 19.3 Å². The van der Waals surface area contributed by atoms with Gasteiger partial charge in [0, 0.05) is 31.9 Å². The van der Waals surface area contributed by atoms with Crippen LogP contribution in [0.3, 0.4) is 0 Å².